The molecule has 4 nitrogen and oxygen atoms in total. The molecule has 0 radical (unpaired) electrons. The van der Waals surface area contributed by atoms with Crippen molar-refractivity contribution >= 4 is 22.8 Å². The van der Waals surface area contributed by atoms with Crippen LogP contribution in [0.15, 0.2) is 64.0 Å². The third-order valence-corrected chi connectivity index (χ3v) is 3.74. The molecule has 0 amide bonds. The zero-order valence-electron chi connectivity index (χ0n) is 13.4. The molecule has 0 aliphatic heterocycles. The largest absolute Gasteiger partial charge is 0.497 e. The molecule has 0 saturated heterocycles. The molecule has 2 aromatic carbocycles. The van der Waals surface area contributed by atoms with E-state index < -0.39 is 0 Å². The zero-order chi connectivity index (χ0) is 17.1. The van der Waals surface area contributed by atoms with Crippen LogP contribution in [-0.4, -0.2) is 12.9 Å². The quantitative estimate of drug-likeness (QED) is 0.538. The average Bonchev–Trinajstić information content (AvgIpc) is 2.61. The van der Waals surface area contributed by atoms with E-state index in [1.807, 2.05) is 13.0 Å². The smallest absolute Gasteiger partial charge is 0.199 e. The van der Waals surface area contributed by atoms with Crippen molar-refractivity contribution in [3.8, 4) is 5.75 Å². The number of ketones is 1. The van der Waals surface area contributed by atoms with Crippen molar-refractivity contribution in [1.82, 2.24) is 0 Å². The van der Waals surface area contributed by atoms with Gasteiger partial charge in [-0.1, -0.05) is 11.6 Å². The van der Waals surface area contributed by atoms with E-state index in [1.54, 1.807) is 43.5 Å². The zero-order valence-corrected chi connectivity index (χ0v) is 13.4. The normalized spacial score (nSPS) is 11.1. The monoisotopic (exact) mass is 320 g/mol. The first kappa shape index (κ1) is 15.7. The Morgan fingerprint density at radius 1 is 1.12 bits per heavy atom. The molecule has 0 aliphatic carbocycles. The number of methoxy groups -OCH3 is 1. The fourth-order valence-electron chi connectivity index (χ4n) is 2.39. The standard InChI is InChI=1S/C20H16O4/c1-13-3-10-19-17(11-13)20(22)15(12-24-19)6-9-18(21)14-4-7-16(23-2)8-5-14/h3-12H,1-2H3. The number of carbonyl (C=O) groups is 1. The number of hydrogen-bond donors (Lipinski definition) is 0. The van der Waals surface area contributed by atoms with Gasteiger partial charge < -0.3 is 9.15 Å². The van der Waals surface area contributed by atoms with Crippen LogP contribution in [0.1, 0.15) is 21.5 Å². The summed E-state index contributed by atoms with van der Waals surface area (Å²) < 4.78 is 10.5. The van der Waals surface area contributed by atoms with Crippen LogP contribution in [0.3, 0.4) is 0 Å². The fraction of sp³-hybridized carbons (Fsp3) is 0.100. The highest BCUT2D eigenvalue weighted by molar-refractivity contribution is 6.06. The molecule has 0 aliphatic rings. The summed E-state index contributed by atoms with van der Waals surface area (Å²) in [6, 6.07) is 12.2. The Kier molecular flexibility index (Phi) is 4.29. The summed E-state index contributed by atoms with van der Waals surface area (Å²) in [7, 11) is 1.57. The molecule has 24 heavy (non-hydrogen) atoms. The highest BCUT2D eigenvalue weighted by Gasteiger charge is 2.06. The third kappa shape index (κ3) is 3.13. The summed E-state index contributed by atoms with van der Waals surface area (Å²) in [4.78, 5) is 24.7. The van der Waals surface area contributed by atoms with Crippen molar-refractivity contribution in [1.29, 1.82) is 0 Å². The van der Waals surface area contributed by atoms with Crippen molar-refractivity contribution in [3.63, 3.8) is 0 Å². The molecule has 1 aromatic heterocycles. The van der Waals surface area contributed by atoms with E-state index in [-0.39, 0.29) is 11.2 Å². The Morgan fingerprint density at radius 2 is 1.88 bits per heavy atom. The van der Waals surface area contributed by atoms with Gasteiger partial charge in [-0.3, -0.25) is 9.59 Å². The van der Waals surface area contributed by atoms with Crippen molar-refractivity contribution in [2.75, 3.05) is 7.11 Å². The Balaban J connectivity index is 1.90. The maximum absolute atomic E-state index is 12.5. The number of ether oxygens (including phenoxy) is 1. The molecule has 1 heterocycles. The summed E-state index contributed by atoms with van der Waals surface area (Å²) in [5, 5.41) is 0.508. The molecule has 120 valence electrons. The first-order chi connectivity index (χ1) is 11.6. The Morgan fingerprint density at radius 3 is 2.58 bits per heavy atom. The minimum Gasteiger partial charge on any atom is -0.497 e. The molecule has 4 heteroatoms. The topological polar surface area (TPSA) is 56.5 Å². The first-order valence-corrected chi connectivity index (χ1v) is 7.47. The van der Waals surface area contributed by atoms with Gasteiger partial charge in [0.25, 0.3) is 0 Å². The highest BCUT2D eigenvalue weighted by Crippen LogP contribution is 2.15. The number of allylic oxidation sites excluding steroid dienone is 1. The molecular weight excluding hydrogens is 304 g/mol. The van der Waals surface area contributed by atoms with Crippen LogP contribution in [0.25, 0.3) is 17.0 Å². The third-order valence-electron chi connectivity index (χ3n) is 3.74. The maximum atomic E-state index is 12.5. The van der Waals surface area contributed by atoms with Gasteiger partial charge >= 0.3 is 0 Å². The highest BCUT2D eigenvalue weighted by atomic mass is 16.5. The summed E-state index contributed by atoms with van der Waals surface area (Å²) in [5.41, 5.74) is 2.22. The van der Waals surface area contributed by atoms with Gasteiger partial charge in [0, 0.05) is 5.56 Å². The summed E-state index contributed by atoms with van der Waals surface area (Å²) in [6.07, 6.45) is 4.23. The minimum atomic E-state index is -0.193. The number of hydrogen-bond acceptors (Lipinski definition) is 4. The molecule has 0 atom stereocenters. The Labute approximate surface area is 139 Å². The number of fused-ring (bicyclic) bond motifs is 1. The summed E-state index contributed by atoms with van der Waals surface area (Å²) in [6.45, 7) is 1.91. The molecule has 0 N–H and O–H groups in total. The molecular formula is C20H16O4. The van der Waals surface area contributed by atoms with Gasteiger partial charge in [-0.15, -0.1) is 0 Å². The predicted octanol–water partition coefficient (Wildman–Crippen LogP) is 4.01. The van der Waals surface area contributed by atoms with Crippen molar-refractivity contribution < 1.29 is 13.9 Å². The van der Waals surface area contributed by atoms with Crippen molar-refractivity contribution in [2.45, 2.75) is 6.92 Å². The van der Waals surface area contributed by atoms with Crippen LogP contribution >= 0.6 is 0 Å². The molecule has 0 fully saturated rings. The minimum absolute atomic E-state index is 0.154. The van der Waals surface area contributed by atoms with E-state index in [0.717, 1.165) is 5.56 Å². The first-order valence-electron chi connectivity index (χ1n) is 7.47. The van der Waals surface area contributed by atoms with E-state index in [2.05, 4.69) is 0 Å². The van der Waals surface area contributed by atoms with Crippen LogP contribution in [0, 0.1) is 6.92 Å². The van der Waals surface area contributed by atoms with E-state index in [0.29, 0.717) is 27.8 Å². The lowest BCUT2D eigenvalue weighted by molar-refractivity contribution is 0.104. The second-order valence-corrected chi connectivity index (χ2v) is 5.45. The molecule has 3 rings (SSSR count). The fourth-order valence-corrected chi connectivity index (χ4v) is 2.39. The van der Waals surface area contributed by atoms with Crippen molar-refractivity contribution in [3.05, 3.63) is 81.7 Å². The molecule has 3 aromatic rings. The van der Waals surface area contributed by atoms with Gasteiger partial charge in [0.1, 0.15) is 17.6 Å². The lowest BCUT2D eigenvalue weighted by atomic mass is 10.1. The van der Waals surface area contributed by atoms with Crippen molar-refractivity contribution in [2.24, 2.45) is 0 Å². The van der Waals surface area contributed by atoms with Crippen LogP contribution < -0.4 is 10.2 Å². The molecule has 0 bridgehead atoms. The van der Waals surface area contributed by atoms with Crippen LogP contribution in [-0.2, 0) is 0 Å². The molecule has 0 spiro atoms. The SMILES string of the molecule is COc1ccc(C(=O)C=Cc2coc3ccc(C)cc3c2=O)cc1. The predicted molar refractivity (Wildman–Crippen MR) is 93.6 cm³/mol. The van der Waals surface area contributed by atoms with Gasteiger partial charge in [0.2, 0.25) is 0 Å². The van der Waals surface area contributed by atoms with E-state index in [1.165, 1.54) is 18.4 Å². The summed E-state index contributed by atoms with van der Waals surface area (Å²) >= 11 is 0. The van der Waals surface area contributed by atoms with Crippen LogP contribution in [0.4, 0.5) is 0 Å². The van der Waals surface area contributed by atoms with E-state index in [9.17, 15) is 9.59 Å². The number of carbonyl (C=O) groups excluding carboxylic acids is 1. The van der Waals surface area contributed by atoms with Gasteiger partial charge in [-0.25, -0.2) is 0 Å². The lowest BCUT2D eigenvalue weighted by Gasteiger charge is -2.01. The van der Waals surface area contributed by atoms with Gasteiger partial charge in [0.15, 0.2) is 11.2 Å². The molecule has 0 saturated carbocycles. The Hall–Kier alpha value is -3.14. The maximum Gasteiger partial charge on any atom is 0.199 e. The van der Waals surface area contributed by atoms with E-state index in [4.69, 9.17) is 9.15 Å². The van der Waals surface area contributed by atoms with Gasteiger partial charge in [-0.05, 0) is 55.5 Å². The van der Waals surface area contributed by atoms with Crippen LogP contribution in [0.5, 0.6) is 5.75 Å². The molecule has 0 unspecified atom stereocenters. The Bertz CT molecular complexity index is 979. The second kappa shape index (κ2) is 6.54. The second-order valence-electron chi connectivity index (χ2n) is 5.45. The van der Waals surface area contributed by atoms with Gasteiger partial charge in [-0.2, -0.15) is 0 Å². The van der Waals surface area contributed by atoms with Crippen LogP contribution in [0.2, 0.25) is 0 Å². The lowest BCUT2D eigenvalue weighted by Crippen LogP contribution is -2.05. The average molecular weight is 320 g/mol. The summed E-state index contributed by atoms with van der Waals surface area (Å²) in [5.74, 6) is 0.488. The van der Waals surface area contributed by atoms with E-state index >= 15 is 0 Å². The number of rotatable bonds is 4. The number of benzene rings is 2. The number of aryl methyl sites for hydroxylation is 1. The van der Waals surface area contributed by atoms with Gasteiger partial charge in [0.05, 0.1) is 18.1 Å².